The molecule has 0 fully saturated rings. The van der Waals surface area contributed by atoms with E-state index < -0.39 is 11.4 Å². The summed E-state index contributed by atoms with van der Waals surface area (Å²) in [6.07, 6.45) is 0. The van der Waals surface area contributed by atoms with Crippen molar-refractivity contribution in [3.63, 3.8) is 0 Å². The topological polar surface area (TPSA) is 63.3 Å². The molecule has 0 spiro atoms. The van der Waals surface area contributed by atoms with E-state index in [2.05, 4.69) is 4.98 Å². The molecule has 1 aromatic heterocycles. The Labute approximate surface area is 116 Å². The Morgan fingerprint density at radius 1 is 1.35 bits per heavy atom. The van der Waals surface area contributed by atoms with Crippen molar-refractivity contribution in [2.24, 2.45) is 0 Å². The largest absolute Gasteiger partial charge is 0.475 e. The van der Waals surface area contributed by atoms with E-state index in [0.717, 1.165) is 0 Å². The number of carboxylic acids is 1. The number of halogens is 1. The van der Waals surface area contributed by atoms with Crippen molar-refractivity contribution >= 4 is 5.97 Å². The molecular formula is C15H16FNO3. The Morgan fingerprint density at radius 2 is 2.00 bits per heavy atom. The van der Waals surface area contributed by atoms with E-state index in [1.165, 1.54) is 12.1 Å². The Kier molecular flexibility index (Phi) is 3.38. The molecule has 2 aromatic rings. The third-order valence-electron chi connectivity index (χ3n) is 2.94. The van der Waals surface area contributed by atoms with E-state index in [-0.39, 0.29) is 17.5 Å². The van der Waals surface area contributed by atoms with Crippen molar-refractivity contribution in [3.05, 3.63) is 41.0 Å². The van der Waals surface area contributed by atoms with Crippen LogP contribution in [0.2, 0.25) is 0 Å². The van der Waals surface area contributed by atoms with Crippen LogP contribution < -0.4 is 0 Å². The summed E-state index contributed by atoms with van der Waals surface area (Å²) in [7, 11) is 0. The third kappa shape index (κ3) is 2.57. The number of carbonyl (C=O) groups is 1. The molecule has 1 N–H and O–H groups in total. The number of aromatic nitrogens is 1. The number of aromatic carboxylic acids is 1. The molecule has 5 heteroatoms. The summed E-state index contributed by atoms with van der Waals surface area (Å²) in [5.41, 5.74) is 0.934. The van der Waals surface area contributed by atoms with Crippen LogP contribution in [0, 0.1) is 12.7 Å². The molecule has 0 radical (unpaired) electrons. The average Bonchev–Trinajstić information content (AvgIpc) is 2.77. The second kappa shape index (κ2) is 4.74. The quantitative estimate of drug-likeness (QED) is 0.907. The highest BCUT2D eigenvalue weighted by atomic mass is 19.1. The maximum absolute atomic E-state index is 13.3. The van der Waals surface area contributed by atoms with Crippen LogP contribution in [0.15, 0.2) is 22.6 Å². The first-order valence-electron chi connectivity index (χ1n) is 6.21. The van der Waals surface area contributed by atoms with Crippen LogP contribution in [0.4, 0.5) is 4.39 Å². The molecule has 0 saturated carbocycles. The lowest BCUT2D eigenvalue weighted by Gasteiger charge is -2.14. The van der Waals surface area contributed by atoms with Gasteiger partial charge in [0.1, 0.15) is 11.5 Å². The molecule has 1 aromatic carbocycles. The van der Waals surface area contributed by atoms with E-state index in [1.807, 2.05) is 20.8 Å². The van der Waals surface area contributed by atoms with Gasteiger partial charge in [-0.1, -0.05) is 20.8 Å². The van der Waals surface area contributed by atoms with E-state index in [1.54, 1.807) is 13.0 Å². The van der Waals surface area contributed by atoms with Gasteiger partial charge in [0.15, 0.2) is 0 Å². The number of nitrogens with zero attached hydrogens (tertiary/aromatic N) is 1. The second-order valence-electron chi connectivity index (χ2n) is 5.72. The number of oxazole rings is 1. The Balaban J connectivity index is 2.58. The van der Waals surface area contributed by atoms with E-state index in [4.69, 9.17) is 4.42 Å². The minimum atomic E-state index is -1.16. The van der Waals surface area contributed by atoms with Crippen molar-refractivity contribution < 1.29 is 18.7 Å². The SMILES string of the molecule is Cc1cc(-c2nc(C(C)(C)C)c(C(=O)O)o2)ccc1F. The van der Waals surface area contributed by atoms with Crippen LogP contribution in [-0.4, -0.2) is 16.1 Å². The molecule has 2 rings (SSSR count). The van der Waals surface area contributed by atoms with Gasteiger partial charge in [-0.2, -0.15) is 0 Å². The Bertz CT molecular complexity index is 668. The molecule has 0 unspecified atom stereocenters. The van der Waals surface area contributed by atoms with Gasteiger partial charge < -0.3 is 9.52 Å². The standard InChI is InChI=1S/C15H16FNO3/c1-8-7-9(5-6-10(8)16)13-17-12(15(2,3)4)11(20-13)14(18)19/h5-7H,1-4H3,(H,18,19). The maximum Gasteiger partial charge on any atom is 0.373 e. The summed E-state index contributed by atoms with van der Waals surface area (Å²) < 4.78 is 18.6. The minimum Gasteiger partial charge on any atom is -0.475 e. The van der Waals surface area contributed by atoms with Gasteiger partial charge in [0.2, 0.25) is 11.7 Å². The van der Waals surface area contributed by atoms with Crippen molar-refractivity contribution in [2.45, 2.75) is 33.1 Å². The first-order chi connectivity index (χ1) is 9.20. The molecule has 1 heterocycles. The predicted octanol–water partition coefficient (Wildman–Crippen LogP) is 3.78. The molecule has 0 aliphatic rings. The number of aryl methyl sites for hydroxylation is 1. The highest BCUT2D eigenvalue weighted by Crippen LogP contribution is 2.30. The van der Waals surface area contributed by atoms with Gasteiger partial charge in [-0.25, -0.2) is 14.2 Å². The van der Waals surface area contributed by atoms with Crippen molar-refractivity contribution in [3.8, 4) is 11.5 Å². The summed E-state index contributed by atoms with van der Waals surface area (Å²) >= 11 is 0. The van der Waals surface area contributed by atoms with Crippen molar-refractivity contribution in [1.29, 1.82) is 0 Å². The highest BCUT2D eigenvalue weighted by Gasteiger charge is 2.29. The molecule has 0 aliphatic carbocycles. The lowest BCUT2D eigenvalue weighted by atomic mass is 9.91. The first kappa shape index (κ1) is 14.2. The summed E-state index contributed by atoms with van der Waals surface area (Å²) in [6.45, 7) is 7.20. The van der Waals surface area contributed by atoms with Crippen LogP contribution in [0.25, 0.3) is 11.5 Å². The zero-order valence-electron chi connectivity index (χ0n) is 11.8. The summed E-state index contributed by atoms with van der Waals surface area (Å²) in [5.74, 6) is -1.47. The number of benzene rings is 1. The van der Waals surface area contributed by atoms with Crippen LogP contribution in [0.5, 0.6) is 0 Å². The second-order valence-corrected chi connectivity index (χ2v) is 5.72. The van der Waals surface area contributed by atoms with E-state index in [9.17, 15) is 14.3 Å². The third-order valence-corrected chi connectivity index (χ3v) is 2.94. The number of rotatable bonds is 2. The van der Waals surface area contributed by atoms with Crippen molar-refractivity contribution in [1.82, 2.24) is 4.98 Å². The summed E-state index contributed by atoms with van der Waals surface area (Å²) in [5, 5.41) is 9.19. The van der Waals surface area contributed by atoms with Crippen molar-refractivity contribution in [2.75, 3.05) is 0 Å². The summed E-state index contributed by atoms with van der Waals surface area (Å²) in [6, 6.07) is 4.41. The van der Waals surface area contributed by atoms with E-state index in [0.29, 0.717) is 16.8 Å². The number of hydrogen-bond donors (Lipinski definition) is 1. The molecule has 0 saturated heterocycles. The lowest BCUT2D eigenvalue weighted by molar-refractivity contribution is 0.0659. The predicted molar refractivity (Wildman–Crippen MR) is 72.3 cm³/mol. The molecule has 0 amide bonds. The normalized spacial score (nSPS) is 11.7. The molecule has 0 bridgehead atoms. The van der Waals surface area contributed by atoms with Gasteiger partial charge in [0.05, 0.1) is 0 Å². The minimum absolute atomic E-state index is 0.172. The molecule has 0 atom stereocenters. The van der Waals surface area contributed by atoms with E-state index >= 15 is 0 Å². The highest BCUT2D eigenvalue weighted by molar-refractivity contribution is 5.86. The summed E-state index contributed by atoms with van der Waals surface area (Å²) in [4.78, 5) is 15.5. The Hall–Kier alpha value is -2.17. The molecule has 106 valence electrons. The molecule has 4 nitrogen and oxygen atoms in total. The zero-order valence-corrected chi connectivity index (χ0v) is 11.8. The van der Waals surface area contributed by atoms with Gasteiger partial charge in [-0.3, -0.25) is 0 Å². The lowest BCUT2D eigenvalue weighted by Crippen LogP contribution is -2.16. The zero-order chi connectivity index (χ0) is 15.1. The molecule has 0 aliphatic heterocycles. The van der Waals surface area contributed by atoms with Gasteiger partial charge in [-0.05, 0) is 30.7 Å². The maximum atomic E-state index is 13.3. The van der Waals surface area contributed by atoms with Gasteiger partial charge in [0, 0.05) is 11.0 Å². The average molecular weight is 277 g/mol. The molecular weight excluding hydrogens is 261 g/mol. The van der Waals surface area contributed by atoms with Crippen LogP contribution in [-0.2, 0) is 5.41 Å². The fourth-order valence-corrected chi connectivity index (χ4v) is 1.87. The fraction of sp³-hybridized carbons (Fsp3) is 0.333. The molecule has 20 heavy (non-hydrogen) atoms. The fourth-order valence-electron chi connectivity index (χ4n) is 1.87. The monoisotopic (exact) mass is 277 g/mol. The Morgan fingerprint density at radius 3 is 2.45 bits per heavy atom. The smallest absolute Gasteiger partial charge is 0.373 e. The van der Waals surface area contributed by atoms with Gasteiger partial charge in [0.25, 0.3) is 0 Å². The van der Waals surface area contributed by atoms with Gasteiger partial charge in [-0.15, -0.1) is 0 Å². The van der Waals surface area contributed by atoms with Crippen LogP contribution in [0.1, 0.15) is 42.6 Å². The number of carboxylic acid groups (broad SMARTS) is 1. The van der Waals surface area contributed by atoms with Gasteiger partial charge >= 0.3 is 5.97 Å². The van der Waals surface area contributed by atoms with Crippen LogP contribution >= 0.6 is 0 Å². The first-order valence-corrected chi connectivity index (χ1v) is 6.21. The number of hydrogen-bond acceptors (Lipinski definition) is 3. The van der Waals surface area contributed by atoms with Crippen LogP contribution in [0.3, 0.4) is 0 Å².